The van der Waals surface area contributed by atoms with Gasteiger partial charge in [0.15, 0.2) is 0 Å². The summed E-state index contributed by atoms with van der Waals surface area (Å²) in [5.41, 5.74) is 1.04. The summed E-state index contributed by atoms with van der Waals surface area (Å²) in [5, 5.41) is 0.654. The molecule has 0 aliphatic carbocycles. The van der Waals surface area contributed by atoms with Gasteiger partial charge >= 0.3 is 5.97 Å². The van der Waals surface area contributed by atoms with E-state index >= 15 is 0 Å². The van der Waals surface area contributed by atoms with Crippen LogP contribution in [0.25, 0.3) is 10.9 Å². The van der Waals surface area contributed by atoms with Gasteiger partial charge in [0, 0.05) is 43.3 Å². The van der Waals surface area contributed by atoms with Crippen LogP contribution in [0.1, 0.15) is 49.4 Å². The van der Waals surface area contributed by atoms with Gasteiger partial charge in [-0.25, -0.2) is 0 Å². The van der Waals surface area contributed by atoms with Crippen LogP contribution in [-0.2, 0) is 25.7 Å². The minimum atomic E-state index is -0.616. The minimum absolute atomic E-state index is 0.0223. The number of para-hydroxylation sites is 1. The van der Waals surface area contributed by atoms with Gasteiger partial charge < -0.3 is 19.1 Å². The maximum Gasteiger partial charge on any atom is 0.310 e. The molecule has 0 spiro atoms. The molecule has 0 bridgehead atoms. The number of carbonyl (C=O) groups is 4. The molecule has 1 atom stereocenters. The van der Waals surface area contributed by atoms with Gasteiger partial charge in [0.25, 0.3) is 11.7 Å². The molecule has 0 radical (unpaired) electrons. The number of benzene rings is 1. The Morgan fingerprint density at radius 3 is 2.45 bits per heavy atom. The Hall–Kier alpha value is -3.16. The molecule has 2 aliphatic heterocycles. The first kappa shape index (κ1) is 23.0. The number of nitrogens with zero attached hydrogens (tertiary/aromatic N) is 3. The second-order valence-corrected chi connectivity index (χ2v) is 8.80. The molecule has 0 saturated carbocycles. The topological polar surface area (TPSA) is 88.9 Å². The van der Waals surface area contributed by atoms with E-state index in [-0.39, 0.29) is 31.6 Å². The van der Waals surface area contributed by atoms with Gasteiger partial charge in [0.2, 0.25) is 5.91 Å². The number of ketones is 1. The van der Waals surface area contributed by atoms with Gasteiger partial charge in [-0.15, -0.1) is 0 Å². The van der Waals surface area contributed by atoms with E-state index in [2.05, 4.69) is 0 Å². The van der Waals surface area contributed by atoms with Crippen molar-refractivity contribution in [1.82, 2.24) is 14.4 Å². The zero-order valence-electron chi connectivity index (χ0n) is 19.1. The average Bonchev–Trinajstić information content (AvgIpc) is 3.22. The molecule has 8 nitrogen and oxygen atoms in total. The van der Waals surface area contributed by atoms with Crippen LogP contribution in [0, 0.1) is 5.92 Å². The molecule has 2 fully saturated rings. The first-order chi connectivity index (χ1) is 16.0. The molecule has 0 N–H and O–H groups in total. The van der Waals surface area contributed by atoms with Gasteiger partial charge in [-0.1, -0.05) is 18.2 Å². The minimum Gasteiger partial charge on any atom is -0.466 e. The fraction of sp³-hybridized carbons (Fsp3) is 0.520. The number of rotatable bonds is 6. The summed E-state index contributed by atoms with van der Waals surface area (Å²) in [6.07, 6.45) is 6.09. The lowest BCUT2D eigenvalue weighted by atomic mass is 9.97. The van der Waals surface area contributed by atoms with E-state index < -0.39 is 17.6 Å². The summed E-state index contributed by atoms with van der Waals surface area (Å²) in [4.78, 5) is 54.6. The van der Waals surface area contributed by atoms with E-state index in [1.165, 1.54) is 4.90 Å². The first-order valence-electron chi connectivity index (χ1n) is 11.9. The Balaban J connectivity index is 1.54. The summed E-state index contributed by atoms with van der Waals surface area (Å²) >= 11 is 0. The Bertz CT molecular complexity index is 1050. The van der Waals surface area contributed by atoms with Crippen molar-refractivity contribution < 1.29 is 23.9 Å². The second kappa shape index (κ2) is 10.2. The Kier molecular flexibility index (Phi) is 7.11. The Labute approximate surface area is 193 Å². The lowest BCUT2D eigenvalue weighted by molar-refractivity contribution is -0.150. The molecule has 1 aromatic carbocycles. The van der Waals surface area contributed by atoms with E-state index in [1.54, 1.807) is 23.8 Å². The number of Topliss-reactive ketones (excluding diaryl/α,β-unsaturated/α-hetero) is 1. The van der Waals surface area contributed by atoms with Crippen LogP contribution in [0.5, 0.6) is 0 Å². The van der Waals surface area contributed by atoms with Crippen LogP contribution in [-0.4, -0.2) is 70.7 Å². The Morgan fingerprint density at radius 1 is 0.970 bits per heavy atom. The van der Waals surface area contributed by atoms with Crippen LogP contribution < -0.4 is 0 Å². The van der Waals surface area contributed by atoms with Gasteiger partial charge in [0.1, 0.15) is 6.54 Å². The number of carbonyl (C=O) groups excluding carboxylic acids is 4. The largest absolute Gasteiger partial charge is 0.466 e. The van der Waals surface area contributed by atoms with Crippen LogP contribution in [0.15, 0.2) is 30.5 Å². The molecule has 0 unspecified atom stereocenters. The van der Waals surface area contributed by atoms with Crippen LogP contribution in [0.2, 0.25) is 0 Å². The van der Waals surface area contributed by atoms with Crippen molar-refractivity contribution in [2.45, 2.75) is 45.6 Å². The summed E-state index contributed by atoms with van der Waals surface area (Å²) < 4.78 is 6.87. The highest BCUT2D eigenvalue weighted by Gasteiger charge is 2.33. The number of esters is 1. The normalized spacial score (nSPS) is 18.9. The molecular formula is C25H31N3O5. The van der Waals surface area contributed by atoms with Gasteiger partial charge in [-0.05, 0) is 45.1 Å². The molecule has 8 heteroatoms. The van der Waals surface area contributed by atoms with Crippen molar-refractivity contribution in [2.24, 2.45) is 5.92 Å². The number of fused-ring (bicyclic) bond motifs is 1. The van der Waals surface area contributed by atoms with E-state index in [4.69, 9.17) is 4.74 Å². The molecule has 2 saturated heterocycles. The zero-order valence-corrected chi connectivity index (χ0v) is 19.1. The first-order valence-corrected chi connectivity index (χ1v) is 11.9. The number of aromatic nitrogens is 1. The van der Waals surface area contributed by atoms with Crippen LogP contribution in [0.3, 0.4) is 0 Å². The van der Waals surface area contributed by atoms with Crippen molar-refractivity contribution in [3.63, 3.8) is 0 Å². The van der Waals surface area contributed by atoms with Crippen LogP contribution in [0.4, 0.5) is 0 Å². The van der Waals surface area contributed by atoms with Gasteiger partial charge in [0.05, 0.1) is 18.1 Å². The zero-order chi connectivity index (χ0) is 23.4. The number of hydrogen-bond acceptors (Lipinski definition) is 5. The molecule has 2 amide bonds. The quantitative estimate of drug-likeness (QED) is 0.381. The van der Waals surface area contributed by atoms with Gasteiger partial charge in [-0.2, -0.15) is 0 Å². The molecular weight excluding hydrogens is 422 g/mol. The third kappa shape index (κ3) is 4.94. The molecule has 3 heterocycles. The number of hydrogen-bond donors (Lipinski definition) is 0. The van der Waals surface area contributed by atoms with Crippen molar-refractivity contribution in [2.75, 3.05) is 32.8 Å². The summed E-state index contributed by atoms with van der Waals surface area (Å²) in [5.74, 6) is -1.93. The van der Waals surface area contributed by atoms with Gasteiger partial charge in [-0.3, -0.25) is 19.2 Å². The molecule has 33 heavy (non-hydrogen) atoms. The number of ether oxygens (including phenoxy) is 1. The number of piperidine rings is 2. The van der Waals surface area contributed by atoms with E-state index in [0.717, 1.165) is 37.9 Å². The maximum atomic E-state index is 13.2. The summed E-state index contributed by atoms with van der Waals surface area (Å²) in [6.45, 7) is 4.33. The van der Waals surface area contributed by atoms with E-state index in [0.29, 0.717) is 30.3 Å². The van der Waals surface area contributed by atoms with Crippen molar-refractivity contribution in [3.8, 4) is 0 Å². The highest BCUT2D eigenvalue weighted by molar-refractivity contribution is 6.45. The summed E-state index contributed by atoms with van der Waals surface area (Å²) in [6, 6.07) is 7.33. The Morgan fingerprint density at radius 2 is 1.70 bits per heavy atom. The third-order valence-electron chi connectivity index (χ3n) is 6.57. The van der Waals surface area contributed by atoms with Crippen LogP contribution >= 0.6 is 0 Å². The summed E-state index contributed by atoms with van der Waals surface area (Å²) in [7, 11) is 0. The molecule has 176 valence electrons. The monoisotopic (exact) mass is 453 g/mol. The predicted octanol–water partition coefficient (Wildman–Crippen LogP) is 2.64. The van der Waals surface area contributed by atoms with E-state index in [1.807, 2.05) is 23.1 Å². The predicted molar refractivity (Wildman–Crippen MR) is 123 cm³/mol. The average molecular weight is 454 g/mol. The van der Waals surface area contributed by atoms with Crippen molar-refractivity contribution in [3.05, 3.63) is 36.0 Å². The van der Waals surface area contributed by atoms with E-state index in [9.17, 15) is 19.2 Å². The number of likely N-dealkylation sites (tertiary alicyclic amines) is 2. The fourth-order valence-electron chi connectivity index (χ4n) is 4.82. The lowest BCUT2D eigenvalue weighted by Crippen LogP contribution is -2.45. The molecule has 2 aliphatic rings. The standard InChI is InChI=1S/C25H31N3O5/c1-2-33-25(32)18-9-8-14-27(15-18)24(31)23(30)20-16-28(21-11-5-4-10-19(20)21)17-22(29)26-12-6-3-7-13-26/h4-5,10-11,16,18H,2-3,6-9,12-15,17H2,1H3/t18-/m0/s1. The molecule has 4 rings (SSSR count). The number of amides is 2. The van der Waals surface area contributed by atoms with Crippen molar-refractivity contribution in [1.29, 1.82) is 0 Å². The highest BCUT2D eigenvalue weighted by Crippen LogP contribution is 2.25. The third-order valence-corrected chi connectivity index (χ3v) is 6.57. The smallest absolute Gasteiger partial charge is 0.310 e. The molecule has 2 aromatic rings. The highest BCUT2D eigenvalue weighted by atomic mass is 16.5. The second-order valence-electron chi connectivity index (χ2n) is 8.80. The molecule has 1 aromatic heterocycles. The lowest BCUT2D eigenvalue weighted by Gasteiger charge is -2.31. The SMILES string of the molecule is CCOC(=O)[C@H]1CCCN(C(=O)C(=O)c2cn(CC(=O)N3CCCCC3)c3ccccc23)C1. The fourth-order valence-corrected chi connectivity index (χ4v) is 4.82. The maximum absolute atomic E-state index is 13.2. The van der Waals surface area contributed by atoms with Crippen molar-refractivity contribution >= 4 is 34.5 Å².